The van der Waals surface area contributed by atoms with E-state index >= 15 is 0 Å². The molecular weight excluding hydrogens is 316 g/mol. The first-order chi connectivity index (χ1) is 10.7. The number of nitrogens with two attached hydrogens (primary N) is 2. The van der Waals surface area contributed by atoms with E-state index in [2.05, 4.69) is 27.7 Å². The molecule has 2 unspecified atom stereocenters. The molecule has 0 bridgehead atoms. The lowest BCUT2D eigenvalue weighted by Gasteiger charge is -2.09. The van der Waals surface area contributed by atoms with E-state index in [-0.39, 0.29) is 0 Å². The van der Waals surface area contributed by atoms with Gasteiger partial charge in [0.05, 0.1) is 0 Å². The first kappa shape index (κ1) is 27.6. The fourth-order valence-electron chi connectivity index (χ4n) is 1.96. The molecule has 0 rings (SSSR count). The molecule has 0 saturated carbocycles. The van der Waals surface area contributed by atoms with Crippen molar-refractivity contribution in [3.8, 4) is 0 Å². The van der Waals surface area contributed by atoms with Crippen molar-refractivity contribution in [1.29, 1.82) is 0 Å². The molecule has 7 heteroatoms. The summed E-state index contributed by atoms with van der Waals surface area (Å²) in [5, 5.41) is 0. The van der Waals surface area contributed by atoms with Crippen molar-refractivity contribution in [2.45, 2.75) is 79.1 Å². The largest absolute Gasteiger partial charge is 0.394 e. The molecule has 0 aromatic heterocycles. The van der Waals surface area contributed by atoms with Gasteiger partial charge in [0.15, 0.2) is 0 Å². The summed E-state index contributed by atoms with van der Waals surface area (Å²) in [7, 11) is -4.67. The maximum Gasteiger partial charge on any atom is 0.394 e. The maximum absolute atomic E-state index is 8.74. The number of hydrogen-bond acceptors (Lipinski definition) is 4. The molecule has 6 nitrogen and oxygen atoms in total. The van der Waals surface area contributed by atoms with Crippen LogP contribution in [0.1, 0.15) is 79.1 Å². The molecule has 0 saturated heterocycles. The molecule has 0 aliphatic carbocycles. The third-order valence-corrected chi connectivity index (χ3v) is 3.75. The topological polar surface area (TPSA) is 127 Å². The third kappa shape index (κ3) is 34.2. The van der Waals surface area contributed by atoms with Gasteiger partial charge in [-0.05, 0) is 37.8 Å². The Morgan fingerprint density at radius 2 is 1.04 bits per heavy atom. The Morgan fingerprint density at radius 1 is 0.783 bits per heavy atom. The van der Waals surface area contributed by atoms with E-state index in [1.54, 1.807) is 0 Å². The van der Waals surface area contributed by atoms with E-state index in [0.29, 0.717) is 0 Å². The summed E-state index contributed by atoms with van der Waals surface area (Å²) in [6.07, 6.45) is 10.4. The van der Waals surface area contributed by atoms with Crippen molar-refractivity contribution in [1.82, 2.24) is 0 Å². The van der Waals surface area contributed by atoms with E-state index in [4.69, 9.17) is 29.0 Å². The average molecular weight is 357 g/mol. The summed E-state index contributed by atoms with van der Waals surface area (Å²) in [5.74, 6) is 1.56. The normalized spacial score (nSPS) is 13.2. The van der Waals surface area contributed by atoms with Crippen molar-refractivity contribution in [2.24, 2.45) is 23.3 Å². The Bertz CT molecular complexity index is 279. The van der Waals surface area contributed by atoms with Crippen molar-refractivity contribution >= 4 is 10.4 Å². The molecule has 0 spiro atoms. The molecule has 0 aliphatic rings. The standard InChI is InChI=1S/2C8H19N.H2O4S/c2*1-3-5-6-8(4-2)7-9;1-5(2,3)4/h2*8H,3-7,9H2,1-2H3;(H2,1,2,3,4). The minimum absolute atomic E-state index is 0.782. The molecule has 6 N–H and O–H groups in total. The van der Waals surface area contributed by atoms with E-state index in [0.717, 1.165) is 24.9 Å². The van der Waals surface area contributed by atoms with Gasteiger partial charge in [0.1, 0.15) is 0 Å². The van der Waals surface area contributed by atoms with E-state index < -0.39 is 10.4 Å². The maximum atomic E-state index is 8.74. The van der Waals surface area contributed by atoms with Gasteiger partial charge >= 0.3 is 10.4 Å². The molecule has 0 aromatic rings. The Kier molecular flexibility index (Phi) is 23.8. The highest BCUT2D eigenvalue weighted by atomic mass is 32.3. The van der Waals surface area contributed by atoms with E-state index in [1.165, 1.54) is 51.4 Å². The van der Waals surface area contributed by atoms with Crippen LogP contribution in [0.15, 0.2) is 0 Å². The van der Waals surface area contributed by atoms with Crippen LogP contribution in [0.2, 0.25) is 0 Å². The van der Waals surface area contributed by atoms with Gasteiger partial charge in [0.2, 0.25) is 0 Å². The third-order valence-electron chi connectivity index (χ3n) is 3.75. The van der Waals surface area contributed by atoms with Crippen molar-refractivity contribution in [3.05, 3.63) is 0 Å². The van der Waals surface area contributed by atoms with Gasteiger partial charge in [0, 0.05) is 0 Å². The Morgan fingerprint density at radius 3 is 1.17 bits per heavy atom. The molecule has 2 atom stereocenters. The molecule has 0 heterocycles. The monoisotopic (exact) mass is 356 g/mol. The number of unbranched alkanes of at least 4 members (excludes halogenated alkanes) is 2. The van der Waals surface area contributed by atoms with Gasteiger partial charge < -0.3 is 11.5 Å². The molecule has 0 aliphatic heterocycles. The van der Waals surface area contributed by atoms with Crippen LogP contribution in [-0.2, 0) is 10.4 Å². The summed E-state index contributed by atoms with van der Waals surface area (Å²) in [5.41, 5.74) is 11.0. The van der Waals surface area contributed by atoms with Crippen LogP contribution < -0.4 is 11.5 Å². The lowest BCUT2D eigenvalue weighted by atomic mass is 10.00. The SMILES string of the molecule is CCCCC(CC)CN.CCCCC(CC)CN.O=S(=O)(O)O. The summed E-state index contributed by atoms with van der Waals surface area (Å²) < 4.78 is 31.6. The van der Waals surface area contributed by atoms with E-state index in [1.807, 2.05) is 0 Å². The van der Waals surface area contributed by atoms with Crippen LogP contribution in [0, 0.1) is 11.8 Å². The van der Waals surface area contributed by atoms with Gasteiger partial charge in [-0.3, -0.25) is 9.11 Å². The zero-order valence-electron chi connectivity index (χ0n) is 15.5. The zero-order chi connectivity index (χ0) is 18.7. The Balaban J connectivity index is -0.000000273. The second kappa shape index (κ2) is 19.8. The minimum Gasteiger partial charge on any atom is -0.330 e. The van der Waals surface area contributed by atoms with Crippen LogP contribution in [0.25, 0.3) is 0 Å². The van der Waals surface area contributed by atoms with Crippen molar-refractivity contribution in [2.75, 3.05) is 13.1 Å². The fourth-order valence-corrected chi connectivity index (χ4v) is 1.96. The fraction of sp³-hybridized carbons (Fsp3) is 1.00. The second-order valence-corrected chi connectivity index (χ2v) is 6.65. The van der Waals surface area contributed by atoms with Gasteiger partial charge in [-0.2, -0.15) is 8.42 Å². The van der Waals surface area contributed by atoms with Crippen LogP contribution in [0.4, 0.5) is 0 Å². The smallest absolute Gasteiger partial charge is 0.330 e. The van der Waals surface area contributed by atoms with Crippen LogP contribution in [0.3, 0.4) is 0 Å². The lowest BCUT2D eigenvalue weighted by molar-refractivity contribution is 0.381. The van der Waals surface area contributed by atoms with Crippen LogP contribution in [0.5, 0.6) is 0 Å². The van der Waals surface area contributed by atoms with E-state index in [9.17, 15) is 0 Å². The number of rotatable bonds is 10. The average Bonchev–Trinajstić information content (AvgIpc) is 2.48. The highest BCUT2D eigenvalue weighted by Crippen LogP contribution is 2.10. The Hall–Kier alpha value is -0.210. The van der Waals surface area contributed by atoms with Crippen LogP contribution >= 0.6 is 0 Å². The minimum atomic E-state index is -4.67. The Labute approximate surface area is 144 Å². The predicted octanol–water partition coefficient (Wildman–Crippen LogP) is 3.67. The molecule has 0 aromatic carbocycles. The first-order valence-corrected chi connectivity index (χ1v) is 10.2. The molecule has 144 valence electrons. The summed E-state index contributed by atoms with van der Waals surface area (Å²) in [6, 6.07) is 0. The summed E-state index contributed by atoms with van der Waals surface area (Å²) in [6.45, 7) is 10.6. The molecule has 23 heavy (non-hydrogen) atoms. The highest BCUT2D eigenvalue weighted by molar-refractivity contribution is 7.79. The summed E-state index contributed by atoms with van der Waals surface area (Å²) >= 11 is 0. The van der Waals surface area contributed by atoms with Crippen LogP contribution in [-0.4, -0.2) is 30.6 Å². The molecule has 0 fully saturated rings. The molecule has 0 amide bonds. The summed E-state index contributed by atoms with van der Waals surface area (Å²) in [4.78, 5) is 0. The first-order valence-electron chi connectivity index (χ1n) is 8.79. The predicted molar refractivity (Wildman–Crippen MR) is 98.9 cm³/mol. The van der Waals surface area contributed by atoms with Crippen molar-refractivity contribution in [3.63, 3.8) is 0 Å². The van der Waals surface area contributed by atoms with Gasteiger partial charge in [-0.25, -0.2) is 0 Å². The van der Waals surface area contributed by atoms with Crippen molar-refractivity contribution < 1.29 is 17.5 Å². The van der Waals surface area contributed by atoms with Gasteiger partial charge in [0.25, 0.3) is 0 Å². The molecule has 0 radical (unpaired) electrons. The zero-order valence-corrected chi connectivity index (χ0v) is 16.3. The quantitative estimate of drug-likeness (QED) is 0.442. The van der Waals surface area contributed by atoms with Gasteiger partial charge in [-0.1, -0.05) is 66.2 Å². The number of hydrogen-bond donors (Lipinski definition) is 4. The van der Waals surface area contributed by atoms with Gasteiger partial charge in [-0.15, -0.1) is 0 Å². The lowest BCUT2D eigenvalue weighted by Crippen LogP contribution is -2.12. The second-order valence-electron chi connectivity index (χ2n) is 5.75. The highest BCUT2D eigenvalue weighted by Gasteiger charge is 2.01. The molecular formula is C16H40N2O4S.